The molecule has 2 aromatic heterocycles. The van der Waals surface area contributed by atoms with E-state index in [-0.39, 0.29) is 11.8 Å². The van der Waals surface area contributed by atoms with Crippen molar-refractivity contribution in [2.24, 2.45) is 0 Å². The minimum atomic E-state index is -0.826. The lowest BCUT2D eigenvalue weighted by molar-refractivity contribution is -0.133. The van der Waals surface area contributed by atoms with Crippen molar-refractivity contribution in [2.75, 3.05) is 5.75 Å². The van der Waals surface area contributed by atoms with E-state index in [0.29, 0.717) is 0 Å². The third-order valence-corrected chi connectivity index (χ3v) is 4.07. The van der Waals surface area contributed by atoms with E-state index < -0.39 is 5.97 Å². The maximum absolute atomic E-state index is 10.5. The summed E-state index contributed by atoms with van der Waals surface area (Å²) in [6.45, 7) is 2.08. The Morgan fingerprint density at radius 1 is 1.71 bits per heavy atom. The van der Waals surface area contributed by atoms with Crippen LogP contribution in [-0.4, -0.2) is 26.4 Å². The van der Waals surface area contributed by atoms with E-state index in [0.717, 1.165) is 5.16 Å². The lowest BCUT2D eigenvalue weighted by Gasteiger charge is -2.14. The normalized spacial score (nSPS) is 12.5. The summed E-state index contributed by atoms with van der Waals surface area (Å²) in [5, 5.41) is 13.5. The predicted octanol–water partition coefficient (Wildman–Crippen LogP) is 2.73. The van der Waals surface area contributed by atoms with Gasteiger partial charge in [0, 0.05) is 12.4 Å². The second kappa shape index (κ2) is 5.37. The van der Waals surface area contributed by atoms with Crippen molar-refractivity contribution in [3.63, 3.8) is 0 Å². The molecule has 0 radical (unpaired) electrons. The van der Waals surface area contributed by atoms with E-state index >= 15 is 0 Å². The van der Waals surface area contributed by atoms with Gasteiger partial charge in [-0.15, -0.1) is 0 Å². The lowest BCUT2D eigenvalue weighted by Crippen LogP contribution is -2.07. The Kier molecular flexibility index (Phi) is 3.86. The molecule has 2 aromatic rings. The van der Waals surface area contributed by atoms with Crippen molar-refractivity contribution in [1.29, 1.82) is 0 Å². The fourth-order valence-electron chi connectivity index (χ4n) is 1.51. The molecule has 1 atom stereocenters. The average Bonchev–Trinajstić information content (AvgIpc) is 2.96. The lowest BCUT2D eigenvalue weighted by atomic mass is 10.2. The molecule has 0 aliphatic carbocycles. The molecule has 1 unspecified atom stereocenters. The van der Waals surface area contributed by atoms with Crippen LogP contribution in [0.4, 0.5) is 0 Å². The van der Waals surface area contributed by atoms with Gasteiger partial charge in [0.05, 0.1) is 11.8 Å². The van der Waals surface area contributed by atoms with Gasteiger partial charge in [-0.2, -0.15) is 11.3 Å². The molecule has 0 bridgehead atoms. The number of thioether (sulfide) groups is 1. The molecule has 0 saturated heterocycles. The van der Waals surface area contributed by atoms with Gasteiger partial charge in [0.2, 0.25) is 0 Å². The number of rotatable bonds is 5. The number of thiophene rings is 1. The van der Waals surface area contributed by atoms with Crippen LogP contribution >= 0.6 is 23.1 Å². The van der Waals surface area contributed by atoms with Crippen molar-refractivity contribution >= 4 is 29.1 Å². The summed E-state index contributed by atoms with van der Waals surface area (Å²) in [6.07, 6.45) is 3.58. The van der Waals surface area contributed by atoms with Gasteiger partial charge in [-0.1, -0.05) is 11.8 Å². The van der Waals surface area contributed by atoms with Gasteiger partial charge in [-0.25, -0.2) is 4.98 Å². The van der Waals surface area contributed by atoms with Crippen LogP contribution in [0.5, 0.6) is 0 Å². The third-order valence-electron chi connectivity index (χ3n) is 2.40. The predicted molar refractivity (Wildman–Crippen MR) is 68.7 cm³/mol. The van der Waals surface area contributed by atoms with Crippen LogP contribution in [0, 0.1) is 0 Å². The molecule has 2 rings (SSSR count). The Labute approximate surface area is 107 Å². The largest absolute Gasteiger partial charge is 0.481 e. The molecular weight excluding hydrogens is 256 g/mol. The van der Waals surface area contributed by atoms with E-state index in [4.69, 9.17) is 5.11 Å². The standard InChI is InChI=1S/C11H12N2O2S2/c1-8(9-2-5-16-6-9)13-4-3-12-11(13)17-7-10(14)15/h2-6,8H,7H2,1H3,(H,14,15). The summed E-state index contributed by atoms with van der Waals surface area (Å²) in [7, 11) is 0. The molecule has 1 N–H and O–H groups in total. The average molecular weight is 268 g/mol. The number of hydrogen-bond donors (Lipinski definition) is 1. The Morgan fingerprint density at radius 2 is 2.53 bits per heavy atom. The first-order valence-electron chi connectivity index (χ1n) is 5.08. The number of aliphatic carboxylic acids is 1. The zero-order valence-corrected chi connectivity index (χ0v) is 10.9. The van der Waals surface area contributed by atoms with Gasteiger partial charge in [0.1, 0.15) is 0 Å². The monoisotopic (exact) mass is 268 g/mol. The van der Waals surface area contributed by atoms with Crippen LogP contribution in [-0.2, 0) is 4.79 Å². The summed E-state index contributed by atoms with van der Waals surface area (Å²) in [4.78, 5) is 14.7. The molecule has 0 amide bonds. The molecule has 0 saturated carbocycles. The molecule has 0 aliphatic rings. The molecule has 0 spiro atoms. The van der Waals surface area contributed by atoms with Crippen molar-refractivity contribution in [1.82, 2.24) is 9.55 Å². The van der Waals surface area contributed by atoms with Crippen molar-refractivity contribution in [3.05, 3.63) is 34.8 Å². The van der Waals surface area contributed by atoms with Crippen LogP contribution in [0.25, 0.3) is 0 Å². The molecule has 17 heavy (non-hydrogen) atoms. The quantitative estimate of drug-likeness (QED) is 0.847. The number of imidazole rings is 1. The first-order valence-corrected chi connectivity index (χ1v) is 7.01. The Hall–Kier alpha value is -1.27. The van der Waals surface area contributed by atoms with Gasteiger partial charge < -0.3 is 9.67 Å². The topological polar surface area (TPSA) is 55.1 Å². The Balaban J connectivity index is 2.16. The van der Waals surface area contributed by atoms with Crippen molar-refractivity contribution < 1.29 is 9.90 Å². The number of aromatic nitrogens is 2. The summed E-state index contributed by atoms with van der Waals surface area (Å²) in [6, 6.07) is 2.25. The third kappa shape index (κ3) is 2.89. The number of hydrogen-bond acceptors (Lipinski definition) is 4. The van der Waals surface area contributed by atoms with E-state index in [1.807, 2.05) is 16.1 Å². The molecule has 2 heterocycles. The first kappa shape index (κ1) is 12.2. The maximum atomic E-state index is 10.5. The van der Waals surface area contributed by atoms with Crippen LogP contribution < -0.4 is 0 Å². The van der Waals surface area contributed by atoms with E-state index in [1.54, 1.807) is 17.5 Å². The second-order valence-corrected chi connectivity index (χ2v) is 5.25. The number of carboxylic acids is 1. The second-order valence-electron chi connectivity index (χ2n) is 3.53. The molecule has 90 valence electrons. The highest BCUT2D eigenvalue weighted by Gasteiger charge is 2.13. The smallest absolute Gasteiger partial charge is 0.313 e. The highest BCUT2D eigenvalue weighted by molar-refractivity contribution is 7.99. The molecule has 4 nitrogen and oxygen atoms in total. The maximum Gasteiger partial charge on any atom is 0.313 e. The van der Waals surface area contributed by atoms with Crippen LogP contribution in [0.2, 0.25) is 0 Å². The van der Waals surface area contributed by atoms with E-state index in [1.165, 1.54) is 17.3 Å². The molecule has 0 fully saturated rings. The van der Waals surface area contributed by atoms with E-state index in [9.17, 15) is 4.79 Å². The summed E-state index contributed by atoms with van der Waals surface area (Å²) >= 11 is 2.90. The van der Waals surface area contributed by atoms with Gasteiger partial charge in [-0.05, 0) is 29.3 Å². The Bertz CT molecular complexity index is 493. The first-order chi connectivity index (χ1) is 8.18. The van der Waals surface area contributed by atoms with Gasteiger partial charge in [0.25, 0.3) is 0 Å². The SMILES string of the molecule is CC(c1ccsc1)n1ccnc1SCC(=O)O. The molecule has 0 aromatic carbocycles. The van der Waals surface area contributed by atoms with Gasteiger partial charge in [-0.3, -0.25) is 4.79 Å². The Morgan fingerprint density at radius 3 is 3.18 bits per heavy atom. The highest BCUT2D eigenvalue weighted by Crippen LogP contribution is 2.25. The van der Waals surface area contributed by atoms with Gasteiger partial charge >= 0.3 is 5.97 Å². The number of carboxylic acid groups (broad SMARTS) is 1. The zero-order chi connectivity index (χ0) is 12.3. The summed E-state index contributed by atoms with van der Waals surface area (Å²) in [5.74, 6) is -0.791. The minimum absolute atomic E-state index is 0.0351. The van der Waals surface area contributed by atoms with E-state index in [2.05, 4.69) is 23.4 Å². The van der Waals surface area contributed by atoms with Crippen LogP contribution in [0.15, 0.2) is 34.4 Å². The summed E-state index contributed by atoms with van der Waals surface area (Å²) < 4.78 is 2.00. The van der Waals surface area contributed by atoms with Crippen LogP contribution in [0.1, 0.15) is 18.5 Å². The molecular formula is C11H12N2O2S2. The minimum Gasteiger partial charge on any atom is -0.481 e. The van der Waals surface area contributed by atoms with Crippen molar-refractivity contribution in [3.8, 4) is 0 Å². The number of carbonyl (C=O) groups is 1. The summed E-state index contributed by atoms with van der Waals surface area (Å²) in [5.41, 5.74) is 1.21. The van der Waals surface area contributed by atoms with Gasteiger partial charge in [0.15, 0.2) is 5.16 Å². The number of nitrogens with zero attached hydrogens (tertiary/aromatic N) is 2. The fourth-order valence-corrected chi connectivity index (χ4v) is 3.01. The highest BCUT2D eigenvalue weighted by atomic mass is 32.2. The van der Waals surface area contributed by atoms with Crippen molar-refractivity contribution in [2.45, 2.75) is 18.1 Å². The fraction of sp³-hybridized carbons (Fsp3) is 0.273. The van der Waals surface area contributed by atoms with Crippen LogP contribution in [0.3, 0.4) is 0 Å². The molecule has 0 aliphatic heterocycles. The zero-order valence-electron chi connectivity index (χ0n) is 9.24. The molecule has 6 heteroatoms.